The summed E-state index contributed by atoms with van der Waals surface area (Å²) in [5, 5.41) is 10.5. The van der Waals surface area contributed by atoms with Gasteiger partial charge in [0.1, 0.15) is 18.5 Å². The maximum atomic E-state index is 12.0. The third-order valence-electron chi connectivity index (χ3n) is 3.58. The van der Waals surface area contributed by atoms with Crippen LogP contribution in [0.4, 0.5) is 0 Å². The predicted octanol–water partition coefficient (Wildman–Crippen LogP) is -1.47. The second-order valence-corrected chi connectivity index (χ2v) is 10.9. The fourth-order valence-electron chi connectivity index (χ4n) is 2.47. The molecule has 21 heteroatoms. The summed E-state index contributed by atoms with van der Waals surface area (Å²) in [4.78, 5) is 62.0. The van der Waals surface area contributed by atoms with Gasteiger partial charge in [-0.1, -0.05) is 17.5 Å². The molecule has 0 bridgehead atoms. The van der Waals surface area contributed by atoms with E-state index in [-0.39, 0.29) is 0 Å². The number of aliphatic hydroxyl groups excluding tert-OH is 1. The molecule has 2 rings (SSSR count). The van der Waals surface area contributed by atoms with E-state index in [2.05, 4.69) is 30.0 Å². The third-order valence-corrected chi connectivity index (χ3v) is 7.89. The number of nitrogens with zero attached hydrogens (tertiary/aromatic N) is 2. The van der Waals surface area contributed by atoms with Gasteiger partial charge in [-0.3, -0.25) is 14.1 Å². The Bertz CT molecular complexity index is 1180. The minimum absolute atomic E-state index is 0.673. The quantitative estimate of drug-likeness (QED) is 0.125. The zero-order chi connectivity index (χ0) is 24.5. The van der Waals surface area contributed by atoms with Crippen LogP contribution in [0.25, 0.3) is 0 Å². The fourth-order valence-corrected chi connectivity index (χ4v) is 5.90. The standard InChI is InChI=1S/C11H15ClN3O14P3/c1-2-3-11(12)7(16)6(27-8(11)15-5-13-9(17)14-10(15)18)4-26-31(22,23)29-32(24,25)28-30(19,20)21/h5-8,16H,4H2,1H3,(H,22,23)(H,24,25)(H,14,17,18)(H2,19,20,21)/t6-,7+,8-,11?/m1/s1. The van der Waals surface area contributed by atoms with Crippen molar-refractivity contribution in [2.45, 2.75) is 30.2 Å². The van der Waals surface area contributed by atoms with Gasteiger partial charge in [0.15, 0.2) is 11.1 Å². The van der Waals surface area contributed by atoms with Gasteiger partial charge in [-0.2, -0.15) is 13.6 Å². The zero-order valence-electron chi connectivity index (χ0n) is 15.5. The molecule has 0 amide bonds. The van der Waals surface area contributed by atoms with E-state index in [1.54, 1.807) is 0 Å². The molecule has 180 valence electrons. The summed E-state index contributed by atoms with van der Waals surface area (Å²) in [5.41, 5.74) is -2.03. The van der Waals surface area contributed by atoms with Gasteiger partial charge in [0.25, 0.3) is 0 Å². The number of aliphatic hydroxyl groups is 1. The van der Waals surface area contributed by atoms with Crippen molar-refractivity contribution in [2.75, 3.05) is 6.61 Å². The Balaban J connectivity index is 2.24. The topological polar surface area (TPSA) is 257 Å². The Morgan fingerprint density at radius 3 is 2.41 bits per heavy atom. The van der Waals surface area contributed by atoms with Crippen LogP contribution in [0.1, 0.15) is 13.2 Å². The lowest BCUT2D eigenvalue weighted by atomic mass is 9.99. The summed E-state index contributed by atoms with van der Waals surface area (Å²) in [6, 6.07) is 0. The van der Waals surface area contributed by atoms with Gasteiger partial charge in [0, 0.05) is 0 Å². The van der Waals surface area contributed by atoms with Gasteiger partial charge in [0.05, 0.1) is 6.61 Å². The maximum absolute atomic E-state index is 12.0. The Labute approximate surface area is 182 Å². The summed E-state index contributed by atoms with van der Waals surface area (Å²) in [6.45, 7) is 0.272. The summed E-state index contributed by atoms with van der Waals surface area (Å²) in [5.74, 6) is 4.80. The molecule has 1 saturated heterocycles. The first-order valence-corrected chi connectivity index (χ1v) is 12.8. The number of phosphoric acid groups is 3. The molecule has 1 aliphatic rings. The molecule has 6 N–H and O–H groups in total. The second-order valence-electron chi connectivity index (χ2n) is 5.89. The van der Waals surface area contributed by atoms with Crippen molar-refractivity contribution < 1.29 is 56.3 Å². The molecule has 0 radical (unpaired) electrons. The van der Waals surface area contributed by atoms with Crippen molar-refractivity contribution in [1.29, 1.82) is 0 Å². The fraction of sp³-hybridized carbons (Fsp3) is 0.545. The van der Waals surface area contributed by atoms with Gasteiger partial charge in [-0.05, 0) is 6.92 Å². The van der Waals surface area contributed by atoms with Gasteiger partial charge < -0.3 is 29.4 Å². The summed E-state index contributed by atoms with van der Waals surface area (Å²) < 4.78 is 51.4. The van der Waals surface area contributed by atoms with E-state index in [0.29, 0.717) is 4.57 Å². The van der Waals surface area contributed by atoms with Crippen LogP contribution >= 0.6 is 35.1 Å². The van der Waals surface area contributed by atoms with Crippen LogP contribution in [0.15, 0.2) is 15.9 Å². The van der Waals surface area contributed by atoms with Crippen LogP contribution in [-0.4, -0.2) is 62.9 Å². The first-order valence-electron chi connectivity index (χ1n) is 7.92. The smallest absolute Gasteiger partial charge is 0.387 e. The molecular weight excluding hydrogens is 527 g/mol. The maximum Gasteiger partial charge on any atom is 0.490 e. The van der Waals surface area contributed by atoms with Gasteiger partial charge in [-0.25, -0.2) is 23.3 Å². The van der Waals surface area contributed by atoms with Gasteiger partial charge in [-0.15, -0.1) is 5.92 Å². The highest BCUT2D eigenvalue weighted by atomic mass is 35.5. The van der Waals surface area contributed by atoms with E-state index in [4.69, 9.17) is 31.0 Å². The van der Waals surface area contributed by atoms with Crippen molar-refractivity contribution >= 4 is 35.1 Å². The van der Waals surface area contributed by atoms with Crippen LogP contribution in [0.5, 0.6) is 0 Å². The predicted molar refractivity (Wildman–Crippen MR) is 101 cm³/mol. The molecule has 1 aliphatic heterocycles. The van der Waals surface area contributed by atoms with E-state index >= 15 is 0 Å². The summed E-state index contributed by atoms with van der Waals surface area (Å²) in [7, 11) is -16.9. The minimum Gasteiger partial charge on any atom is -0.387 e. The lowest BCUT2D eigenvalue weighted by Crippen LogP contribution is -2.44. The molecule has 2 heterocycles. The number of halogens is 1. The molecule has 1 aromatic rings. The molecule has 0 aromatic carbocycles. The molecule has 32 heavy (non-hydrogen) atoms. The minimum atomic E-state index is -5.76. The zero-order valence-corrected chi connectivity index (χ0v) is 19.0. The normalized spacial score (nSPS) is 29.5. The van der Waals surface area contributed by atoms with Crippen LogP contribution in [-0.2, 0) is 31.6 Å². The molecule has 0 spiro atoms. The molecule has 0 aliphatic carbocycles. The summed E-state index contributed by atoms with van der Waals surface area (Å²) in [6.07, 6.45) is -4.27. The Hall–Kier alpha value is -1.21. The van der Waals surface area contributed by atoms with E-state index in [0.717, 1.165) is 6.33 Å². The first-order chi connectivity index (χ1) is 14.5. The monoisotopic (exact) mass is 541 g/mol. The lowest BCUT2D eigenvalue weighted by molar-refractivity contribution is -0.0459. The highest BCUT2D eigenvalue weighted by Gasteiger charge is 2.56. The highest BCUT2D eigenvalue weighted by molar-refractivity contribution is 7.66. The van der Waals surface area contributed by atoms with Crippen molar-refractivity contribution in [3.8, 4) is 11.8 Å². The SMILES string of the molecule is CC#CC1(Cl)[C@@H](O)[C@@H](COP(=O)(O)OP(=O)(O)OP(=O)(O)O)O[C@H]1n1cnc(=O)[nH]c1=O. The first kappa shape index (κ1) is 27.0. The van der Waals surface area contributed by atoms with Gasteiger partial charge in [0.2, 0.25) is 0 Å². The van der Waals surface area contributed by atoms with Crippen molar-refractivity contribution in [1.82, 2.24) is 14.5 Å². The number of phosphoric ester groups is 1. The number of H-pyrrole nitrogens is 1. The number of alkyl halides is 1. The lowest BCUT2D eigenvalue weighted by Gasteiger charge is -2.25. The average Bonchev–Trinajstić information content (AvgIpc) is 2.82. The molecule has 3 unspecified atom stereocenters. The highest BCUT2D eigenvalue weighted by Crippen LogP contribution is 2.66. The van der Waals surface area contributed by atoms with E-state index in [1.807, 2.05) is 4.98 Å². The number of aromatic nitrogens is 3. The molecule has 6 atom stereocenters. The van der Waals surface area contributed by atoms with E-state index < -0.39 is 64.8 Å². The average molecular weight is 542 g/mol. The number of aromatic amines is 1. The molecular formula is C11H15ClN3O14P3. The van der Waals surface area contributed by atoms with Crippen LogP contribution in [0, 0.1) is 11.8 Å². The number of hydrogen-bond donors (Lipinski definition) is 6. The number of ether oxygens (including phenoxy) is 1. The molecule has 0 saturated carbocycles. The Kier molecular flexibility index (Phi) is 8.09. The molecule has 17 nitrogen and oxygen atoms in total. The van der Waals surface area contributed by atoms with Crippen molar-refractivity contribution in [3.63, 3.8) is 0 Å². The Morgan fingerprint density at radius 1 is 1.25 bits per heavy atom. The van der Waals surface area contributed by atoms with Crippen LogP contribution < -0.4 is 11.4 Å². The van der Waals surface area contributed by atoms with Crippen molar-refractivity contribution in [3.05, 3.63) is 27.3 Å². The Morgan fingerprint density at radius 2 is 1.88 bits per heavy atom. The van der Waals surface area contributed by atoms with Gasteiger partial charge >= 0.3 is 34.8 Å². The van der Waals surface area contributed by atoms with E-state index in [1.165, 1.54) is 6.92 Å². The van der Waals surface area contributed by atoms with E-state index in [9.17, 15) is 33.3 Å². The molecule has 1 fully saturated rings. The van der Waals surface area contributed by atoms with Crippen LogP contribution in [0.2, 0.25) is 0 Å². The second kappa shape index (κ2) is 9.57. The summed E-state index contributed by atoms with van der Waals surface area (Å²) >= 11 is 6.32. The number of nitrogens with one attached hydrogen (secondary N) is 1. The number of hydrogen-bond acceptors (Lipinski definition) is 11. The largest absolute Gasteiger partial charge is 0.490 e. The van der Waals surface area contributed by atoms with Crippen molar-refractivity contribution in [2.24, 2.45) is 0 Å². The van der Waals surface area contributed by atoms with Crippen LogP contribution in [0.3, 0.4) is 0 Å². The number of rotatable bonds is 8. The third kappa shape index (κ3) is 6.66. The molecule has 1 aromatic heterocycles.